The van der Waals surface area contributed by atoms with Crippen molar-refractivity contribution in [3.05, 3.63) is 21.4 Å². The van der Waals surface area contributed by atoms with Crippen LogP contribution in [-0.4, -0.2) is 51.5 Å². The fourth-order valence-electron chi connectivity index (χ4n) is 2.09. The number of nitrogens with one attached hydrogen (secondary N) is 1. The summed E-state index contributed by atoms with van der Waals surface area (Å²) < 4.78 is 10.4. The molecule has 0 saturated heterocycles. The lowest BCUT2D eigenvalue weighted by Gasteiger charge is -2.21. The second-order valence-electron chi connectivity index (χ2n) is 5.59. The third-order valence-electron chi connectivity index (χ3n) is 3.37. The molecule has 1 aromatic heterocycles. The van der Waals surface area contributed by atoms with E-state index in [1.807, 2.05) is 11.3 Å². The summed E-state index contributed by atoms with van der Waals surface area (Å²) in [5, 5.41) is 3.48. The van der Waals surface area contributed by atoms with Crippen LogP contribution in [0.15, 0.2) is 6.07 Å². The maximum atomic E-state index is 5.20. The molecule has 5 heteroatoms. The van der Waals surface area contributed by atoms with Crippen molar-refractivity contribution < 1.29 is 9.47 Å². The zero-order chi connectivity index (χ0) is 15.7. The predicted molar refractivity (Wildman–Crippen MR) is 90.1 cm³/mol. The second kappa shape index (κ2) is 10.3. The van der Waals surface area contributed by atoms with E-state index in [4.69, 9.17) is 9.47 Å². The normalized spacial score (nSPS) is 11.8. The predicted octanol–water partition coefficient (Wildman–Crippen LogP) is 2.65. The Balaban J connectivity index is 2.60. The molecule has 0 radical (unpaired) electrons. The molecule has 21 heavy (non-hydrogen) atoms. The van der Waals surface area contributed by atoms with Gasteiger partial charge in [-0.05, 0) is 18.6 Å². The molecule has 0 unspecified atom stereocenters. The van der Waals surface area contributed by atoms with Crippen LogP contribution in [0.2, 0.25) is 0 Å². The monoisotopic (exact) mass is 314 g/mol. The first-order valence-electron chi connectivity index (χ1n) is 7.58. The maximum Gasteiger partial charge on any atom is 0.0589 e. The number of aryl methyl sites for hydroxylation is 1. The summed E-state index contributed by atoms with van der Waals surface area (Å²) in [5.74, 6) is 0. The molecule has 1 aromatic rings. The Hall–Kier alpha value is -0.460. The molecule has 0 fully saturated rings. The first-order valence-corrected chi connectivity index (χ1v) is 8.40. The maximum absolute atomic E-state index is 5.20. The largest absolute Gasteiger partial charge is 0.383 e. The number of thiophene rings is 1. The summed E-state index contributed by atoms with van der Waals surface area (Å²) in [5.41, 5.74) is 1.42. The van der Waals surface area contributed by atoms with Crippen LogP contribution in [0.1, 0.15) is 29.2 Å². The third-order valence-corrected chi connectivity index (χ3v) is 4.47. The van der Waals surface area contributed by atoms with Gasteiger partial charge in [-0.3, -0.25) is 4.90 Å². The van der Waals surface area contributed by atoms with Crippen LogP contribution >= 0.6 is 11.3 Å². The van der Waals surface area contributed by atoms with E-state index in [-0.39, 0.29) is 0 Å². The minimum absolute atomic E-state index is 0.524. The van der Waals surface area contributed by atoms with Crippen LogP contribution in [0, 0.1) is 6.92 Å². The highest BCUT2D eigenvalue weighted by Gasteiger charge is 2.11. The lowest BCUT2D eigenvalue weighted by atomic mass is 10.2. The van der Waals surface area contributed by atoms with E-state index >= 15 is 0 Å². The number of ether oxygens (including phenoxy) is 2. The van der Waals surface area contributed by atoms with Crippen molar-refractivity contribution in [1.82, 2.24) is 10.2 Å². The lowest BCUT2D eigenvalue weighted by Crippen LogP contribution is -2.30. The number of methoxy groups -OCH3 is 2. The highest BCUT2D eigenvalue weighted by atomic mass is 32.1. The van der Waals surface area contributed by atoms with E-state index in [9.17, 15) is 0 Å². The van der Waals surface area contributed by atoms with Crippen molar-refractivity contribution in [2.45, 2.75) is 39.9 Å². The van der Waals surface area contributed by atoms with E-state index < -0.39 is 0 Å². The third kappa shape index (κ3) is 7.38. The highest BCUT2D eigenvalue weighted by molar-refractivity contribution is 7.12. The Bertz CT molecular complexity index is 386. The fourth-order valence-corrected chi connectivity index (χ4v) is 3.09. The fraction of sp³-hybridized carbons (Fsp3) is 0.750. The molecular formula is C16H30N2O2S. The minimum atomic E-state index is 0.524. The summed E-state index contributed by atoms with van der Waals surface area (Å²) in [4.78, 5) is 5.21. The Morgan fingerprint density at radius 3 is 2.33 bits per heavy atom. The molecule has 0 aromatic carbocycles. The molecule has 122 valence electrons. The molecule has 0 atom stereocenters. The van der Waals surface area contributed by atoms with Gasteiger partial charge in [-0.1, -0.05) is 13.8 Å². The molecule has 0 aliphatic rings. The quantitative estimate of drug-likeness (QED) is 0.681. The number of hydrogen-bond acceptors (Lipinski definition) is 5. The summed E-state index contributed by atoms with van der Waals surface area (Å²) in [6.07, 6.45) is 0. The van der Waals surface area contributed by atoms with Gasteiger partial charge >= 0.3 is 0 Å². The molecule has 0 bridgehead atoms. The van der Waals surface area contributed by atoms with E-state index in [2.05, 4.69) is 37.1 Å². The van der Waals surface area contributed by atoms with E-state index in [1.165, 1.54) is 15.3 Å². The van der Waals surface area contributed by atoms with Gasteiger partial charge in [0.1, 0.15) is 0 Å². The molecule has 0 amide bonds. The Morgan fingerprint density at radius 1 is 1.19 bits per heavy atom. The SMILES string of the molecule is COCCN(CCOC)Cc1cc(CNC(C)C)sc1C. The standard InChI is InChI=1S/C16H30N2O2S/c1-13(2)17-11-16-10-15(14(3)21-16)12-18(6-8-19-4)7-9-20-5/h10,13,17H,6-9,11-12H2,1-5H3. The molecule has 1 heterocycles. The van der Waals surface area contributed by atoms with Gasteiger partial charge in [0.15, 0.2) is 0 Å². The molecular weight excluding hydrogens is 284 g/mol. The molecule has 1 N–H and O–H groups in total. The van der Waals surface area contributed by atoms with Gasteiger partial charge in [-0.15, -0.1) is 11.3 Å². The average molecular weight is 314 g/mol. The summed E-state index contributed by atoms with van der Waals surface area (Å²) in [6, 6.07) is 2.86. The summed E-state index contributed by atoms with van der Waals surface area (Å²) >= 11 is 1.89. The van der Waals surface area contributed by atoms with Crippen LogP contribution in [-0.2, 0) is 22.6 Å². The first-order chi connectivity index (χ1) is 10.1. The van der Waals surface area contributed by atoms with Crippen molar-refractivity contribution in [2.75, 3.05) is 40.5 Å². The zero-order valence-corrected chi connectivity index (χ0v) is 14.9. The molecule has 0 aliphatic heterocycles. The van der Waals surface area contributed by atoms with Crippen molar-refractivity contribution in [3.63, 3.8) is 0 Å². The second-order valence-corrected chi connectivity index (χ2v) is 6.93. The molecule has 0 spiro atoms. The topological polar surface area (TPSA) is 33.7 Å². The van der Waals surface area contributed by atoms with Crippen LogP contribution < -0.4 is 5.32 Å². The number of nitrogens with zero attached hydrogens (tertiary/aromatic N) is 1. The van der Waals surface area contributed by atoms with Gasteiger partial charge in [0.05, 0.1) is 13.2 Å². The van der Waals surface area contributed by atoms with Gasteiger partial charge < -0.3 is 14.8 Å². The average Bonchev–Trinajstić information content (AvgIpc) is 2.80. The van der Waals surface area contributed by atoms with Crippen molar-refractivity contribution in [2.24, 2.45) is 0 Å². The zero-order valence-electron chi connectivity index (χ0n) is 14.1. The van der Waals surface area contributed by atoms with Crippen LogP contribution in [0.25, 0.3) is 0 Å². The van der Waals surface area contributed by atoms with Crippen molar-refractivity contribution in [1.29, 1.82) is 0 Å². The van der Waals surface area contributed by atoms with E-state index in [1.54, 1.807) is 14.2 Å². The smallest absolute Gasteiger partial charge is 0.0589 e. The van der Waals surface area contributed by atoms with Crippen molar-refractivity contribution >= 4 is 11.3 Å². The number of hydrogen-bond donors (Lipinski definition) is 1. The van der Waals surface area contributed by atoms with Crippen molar-refractivity contribution in [3.8, 4) is 0 Å². The van der Waals surface area contributed by atoms with E-state index in [0.717, 1.165) is 39.4 Å². The summed E-state index contributed by atoms with van der Waals surface area (Å²) in [6.45, 7) is 11.9. The first kappa shape index (κ1) is 18.6. The highest BCUT2D eigenvalue weighted by Crippen LogP contribution is 2.23. The minimum Gasteiger partial charge on any atom is -0.383 e. The van der Waals surface area contributed by atoms with Gasteiger partial charge in [-0.2, -0.15) is 0 Å². The van der Waals surface area contributed by atoms with Gasteiger partial charge in [-0.25, -0.2) is 0 Å². The van der Waals surface area contributed by atoms with E-state index in [0.29, 0.717) is 6.04 Å². The van der Waals surface area contributed by atoms with Gasteiger partial charge in [0, 0.05) is 56.2 Å². The van der Waals surface area contributed by atoms with Crippen LogP contribution in [0.3, 0.4) is 0 Å². The van der Waals surface area contributed by atoms with Gasteiger partial charge in [0.25, 0.3) is 0 Å². The van der Waals surface area contributed by atoms with Crippen LogP contribution in [0.4, 0.5) is 0 Å². The molecule has 1 rings (SSSR count). The number of rotatable bonds is 11. The Labute approximate surface area is 133 Å². The lowest BCUT2D eigenvalue weighted by molar-refractivity contribution is 0.110. The molecule has 0 aliphatic carbocycles. The summed E-state index contributed by atoms with van der Waals surface area (Å²) in [7, 11) is 3.50. The molecule has 0 saturated carbocycles. The Morgan fingerprint density at radius 2 is 1.81 bits per heavy atom. The van der Waals surface area contributed by atoms with Gasteiger partial charge in [0.2, 0.25) is 0 Å². The molecule has 4 nitrogen and oxygen atoms in total. The van der Waals surface area contributed by atoms with Crippen LogP contribution in [0.5, 0.6) is 0 Å². The Kier molecular flexibility index (Phi) is 9.11.